The van der Waals surface area contributed by atoms with Crippen molar-refractivity contribution in [2.75, 3.05) is 18.0 Å². The topological polar surface area (TPSA) is 101 Å². The molecule has 3 heterocycles. The van der Waals surface area contributed by atoms with Crippen LogP contribution in [0.15, 0.2) is 29.3 Å². The molecule has 0 unspecified atom stereocenters. The Morgan fingerprint density at radius 2 is 2.07 bits per heavy atom. The van der Waals surface area contributed by atoms with E-state index in [4.69, 9.17) is 17.3 Å². The normalized spacial score (nSPS) is 26.6. The monoisotopic (exact) mass is 402 g/mol. The molecule has 7 nitrogen and oxygen atoms in total. The van der Waals surface area contributed by atoms with Gasteiger partial charge in [-0.2, -0.15) is 0 Å². The molecule has 0 spiro atoms. The number of anilines is 1. The highest BCUT2D eigenvalue weighted by Crippen LogP contribution is 2.40. The number of carboxylic acid groups (broad SMARTS) is 1. The number of halogens is 1. The van der Waals surface area contributed by atoms with Crippen molar-refractivity contribution in [2.24, 2.45) is 23.5 Å². The van der Waals surface area contributed by atoms with Gasteiger partial charge in [0.15, 0.2) is 0 Å². The molecule has 1 aliphatic carbocycles. The van der Waals surface area contributed by atoms with Crippen molar-refractivity contribution >= 4 is 34.3 Å². The van der Waals surface area contributed by atoms with Crippen LogP contribution in [0.1, 0.15) is 24.2 Å². The third-order valence-corrected chi connectivity index (χ3v) is 6.47. The Labute approximate surface area is 167 Å². The number of allylic oxidation sites excluding steroid dienone is 1. The van der Waals surface area contributed by atoms with Gasteiger partial charge < -0.3 is 20.3 Å². The zero-order chi connectivity index (χ0) is 20.2. The van der Waals surface area contributed by atoms with E-state index >= 15 is 0 Å². The van der Waals surface area contributed by atoms with Crippen LogP contribution in [0.2, 0.25) is 5.02 Å². The number of aromatic carboxylic acids is 1. The summed E-state index contributed by atoms with van der Waals surface area (Å²) in [5.41, 5.74) is 5.97. The number of aromatic nitrogens is 2. The van der Waals surface area contributed by atoms with Crippen LogP contribution in [-0.4, -0.2) is 39.8 Å². The maximum absolute atomic E-state index is 12.6. The Hall–Kier alpha value is -2.38. The van der Waals surface area contributed by atoms with Crippen LogP contribution in [0.3, 0.4) is 0 Å². The summed E-state index contributed by atoms with van der Waals surface area (Å²) in [5.74, 6) is 0.551. The van der Waals surface area contributed by atoms with E-state index in [0.717, 1.165) is 13.1 Å². The molecule has 0 radical (unpaired) electrons. The van der Waals surface area contributed by atoms with Gasteiger partial charge in [-0.1, -0.05) is 30.7 Å². The van der Waals surface area contributed by atoms with E-state index in [0.29, 0.717) is 40.7 Å². The molecule has 1 aliphatic heterocycles. The summed E-state index contributed by atoms with van der Waals surface area (Å²) < 4.78 is 1.70. The van der Waals surface area contributed by atoms with E-state index < -0.39 is 11.4 Å². The van der Waals surface area contributed by atoms with Gasteiger partial charge in [0.05, 0.1) is 10.9 Å². The summed E-state index contributed by atoms with van der Waals surface area (Å²) in [6, 6.07) is 0.0115. The maximum Gasteiger partial charge on any atom is 0.341 e. The fourth-order valence-corrected chi connectivity index (χ4v) is 4.92. The molecular formula is C20H23ClN4O3. The summed E-state index contributed by atoms with van der Waals surface area (Å²) in [7, 11) is 0. The van der Waals surface area contributed by atoms with Crippen molar-refractivity contribution < 1.29 is 9.90 Å². The average Bonchev–Trinajstić information content (AvgIpc) is 3.12. The first-order valence-electron chi connectivity index (χ1n) is 9.47. The lowest BCUT2D eigenvalue weighted by Gasteiger charge is -2.30. The number of nitrogens with zero attached hydrogens (tertiary/aromatic N) is 3. The molecule has 4 atom stereocenters. The SMILES string of the molecule is CCn1cc(C(=O)O)c(=O)c2cnc(N3C[C@@H]4[C@H](C3)[C@H](N)C=C[C@@H]4C)c(Cl)c21. The highest BCUT2D eigenvalue weighted by molar-refractivity contribution is 6.37. The number of carbonyl (C=O) groups is 1. The number of hydrogen-bond acceptors (Lipinski definition) is 5. The molecule has 2 aromatic heterocycles. The van der Waals surface area contributed by atoms with Crippen molar-refractivity contribution in [2.45, 2.75) is 26.4 Å². The van der Waals surface area contributed by atoms with Gasteiger partial charge in [-0.15, -0.1) is 0 Å². The molecule has 0 saturated carbocycles. The van der Waals surface area contributed by atoms with E-state index in [1.54, 1.807) is 4.57 Å². The third-order valence-electron chi connectivity index (χ3n) is 6.13. The van der Waals surface area contributed by atoms with Gasteiger partial charge in [-0.05, 0) is 18.8 Å². The van der Waals surface area contributed by atoms with E-state index in [-0.39, 0.29) is 17.0 Å². The Morgan fingerprint density at radius 3 is 2.71 bits per heavy atom. The van der Waals surface area contributed by atoms with Crippen LogP contribution in [0.4, 0.5) is 5.82 Å². The van der Waals surface area contributed by atoms with E-state index in [1.807, 2.05) is 6.92 Å². The number of pyridine rings is 2. The van der Waals surface area contributed by atoms with E-state index in [2.05, 4.69) is 29.0 Å². The fourth-order valence-electron chi connectivity index (χ4n) is 4.54. The zero-order valence-corrected chi connectivity index (χ0v) is 16.6. The van der Waals surface area contributed by atoms with Crippen molar-refractivity contribution in [1.29, 1.82) is 0 Å². The fraction of sp³-hybridized carbons (Fsp3) is 0.450. The quantitative estimate of drug-likeness (QED) is 0.764. The van der Waals surface area contributed by atoms with Crippen LogP contribution in [-0.2, 0) is 6.54 Å². The van der Waals surface area contributed by atoms with Crippen LogP contribution in [0, 0.1) is 17.8 Å². The van der Waals surface area contributed by atoms with Gasteiger partial charge >= 0.3 is 5.97 Å². The van der Waals surface area contributed by atoms with Crippen molar-refractivity contribution in [3.63, 3.8) is 0 Å². The molecule has 0 bridgehead atoms. The first-order valence-corrected chi connectivity index (χ1v) is 9.85. The minimum absolute atomic E-state index is 0.0115. The molecule has 148 valence electrons. The summed E-state index contributed by atoms with van der Waals surface area (Å²) in [4.78, 5) is 30.6. The predicted octanol–water partition coefficient (Wildman–Crippen LogP) is 2.35. The number of hydrogen-bond donors (Lipinski definition) is 2. The average molecular weight is 403 g/mol. The summed E-state index contributed by atoms with van der Waals surface area (Å²) in [5, 5.41) is 9.91. The summed E-state index contributed by atoms with van der Waals surface area (Å²) >= 11 is 6.72. The minimum Gasteiger partial charge on any atom is -0.477 e. The number of fused-ring (bicyclic) bond motifs is 2. The van der Waals surface area contributed by atoms with Crippen molar-refractivity contribution in [3.05, 3.63) is 45.4 Å². The first-order chi connectivity index (χ1) is 13.3. The highest BCUT2D eigenvalue weighted by atomic mass is 35.5. The van der Waals surface area contributed by atoms with Gasteiger partial charge in [-0.25, -0.2) is 9.78 Å². The van der Waals surface area contributed by atoms with Crippen LogP contribution in [0.5, 0.6) is 0 Å². The number of nitrogens with two attached hydrogens (primary N) is 1. The molecular weight excluding hydrogens is 380 g/mol. The Balaban J connectivity index is 1.82. The first kappa shape index (κ1) is 19.0. The molecule has 8 heteroatoms. The number of carboxylic acids is 1. The zero-order valence-electron chi connectivity index (χ0n) is 15.8. The molecule has 0 amide bonds. The van der Waals surface area contributed by atoms with Crippen LogP contribution >= 0.6 is 11.6 Å². The molecule has 2 aromatic rings. The predicted molar refractivity (Wildman–Crippen MR) is 109 cm³/mol. The standard InChI is InChI=1S/C20H23ClN4O3/c1-3-24-9-14(20(27)28)18(26)11-6-23-19(16(21)17(11)24)25-7-12-10(2)4-5-15(22)13(12)8-25/h4-6,9-10,12-13,15H,3,7-8,22H2,1-2H3,(H,27,28)/t10-,12-,13-,15+/m0/s1. The Kier molecular flexibility index (Phi) is 4.67. The Bertz CT molecular complexity index is 1030. The maximum atomic E-state index is 12.6. The van der Waals surface area contributed by atoms with E-state index in [1.165, 1.54) is 12.4 Å². The molecule has 4 rings (SSSR count). The molecule has 1 saturated heterocycles. The second kappa shape index (κ2) is 6.90. The summed E-state index contributed by atoms with van der Waals surface area (Å²) in [6.07, 6.45) is 7.05. The number of rotatable bonds is 3. The van der Waals surface area contributed by atoms with E-state index in [9.17, 15) is 14.7 Å². The van der Waals surface area contributed by atoms with Crippen LogP contribution in [0.25, 0.3) is 10.9 Å². The molecule has 0 aromatic carbocycles. The molecule has 3 N–H and O–H groups in total. The van der Waals surface area contributed by atoms with Gasteiger partial charge in [0.2, 0.25) is 5.43 Å². The smallest absolute Gasteiger partial charge is 0.341 e. The van der Waals surface area contributed by atoms with Gasteiger partial charge in [0.25, 0.3) is 0 Å². The molecule has 28 heavy (non-hydrogen) atoms. The lowest BCUT2D eigenvalue weighted by Crippen LogP contribution is -2.38. The summed E-state index contributed by atoms with van der Waals surface area (Å²) in [6.45, 7) is 6.11. The Morgan fingerprint density at radius 1 is 1.36 bits per heavy atom. The molecule has 1 fully saturated rings. The van der Waals surface area contributed by atoms with Crippen molar-refractivity contribution in [3.8, 4) is 0 Å². The second-order valence-electron chi connectivity index (χ2n) is 7.68. The largest absolute Gasteiger partial charge is 0.477 e. The van der Waals surface area contributed by atoms with Crippen LogP contribution < -0.4 is 16.1 Å². The molecule has 2 aliphatic rings. The third kappa shape index (κ3) is 2.81. The minimum atomic E-state index is -1.26. The lowest BCUT2D eigenvalue weighted by atomic mass is 9.77. The second-order valence-corrected chi connectivity index (χ2v) is 8.05. The van der Waals surface area contributed by atoms with Crippen molar-refractivity contribution in [1.82, 2.24) is 9.55 Å². The number of aryl methyl sites for hydroxylation is 1. The van der Waals surface area contributed by atoms with Gasteiger partial charge in [0, 0.05) is 44.0 Å². The highest BCUT2D eigenvalue weighted by Gasteiger charge is 2.41. The van der Waals surface area contributed by atoms with Gasteiger partial charge in [0.1, 0.15) is 16.4 Å². The van der Waals surface area contributed by atoms with Gasteiger partial charge in [-0.3, -0.25) is 4.79 Å². The lowest BCUT2D eigenvalue weighted by molar-refractivity contribution is 0.0695.